The Morgan fingerprint density at radius 2 is 1.59 bits per heavy atom. The second kappa shape index (κ2) is 11.1. The van der Waals surface area contributed by atoms with Crippen molar-refractivity contribution < 1.29 is 9.59 Å². The maximum absolute atomic E-state index is 13.5. The molecule has 0 spiro atoms. The average molecular weight is 529 g/mol. The summed E-state index contributed by atoms with van der Waals surface area (Å²) in [7, 11) is 0. The number of hydrogen-bond donors (Lipinski definition) is 2. The Labute approximate surface area is 228 Å². The first-order chi connectivity index (χ1) is 19.0. The summed E-state index contributed by atoms with van der Waals surface area (Å²) in [5.74, 6) is 1.46. The van der Waals surface area contributed by atoms with E-state index in [0.29, 0.717) is 50.6 Å². The quantitative estimate of drug-likeness (QED) is 0.508. The number of rotatable bonds is 6. The second-order valence-corrected chi connectivity index (χ2v) is 11.2. The molecule has 2 atom stereocenters. The molecule has 3 amide bonds. The summed E-state index contributed by atoms with van der Waals surface area (Å²) in [5, 5.41) is 7.61. The number of piperidine rings is 1. The van der Waals surface area contributed by atoms with E-state index in [9.17, 15) is 14.4 Å². The van der Waals surface area contributed by atoms with Crippen LogP contribution in [-0.4, -0.2) is 68.7 Å². The smallest absolute Gasteiger partial charge is 0.340 e. The molecule has 39 heavy (non-hydrogen) atoms. The molecule has 3 aliphatic rings. The van der Waals surface area contributed by atoms with E-state index >= 15 is 0 Å². The number of benzene rings is 2. The van der Waals surface area contributed by atoms with Crippen LogP contribution in [0.15, 0.2) is 65.5 Å². The van der Waals surface area contributed by atoms with E-state index in [2.05, 4.69) is 39.7 Å². The third-order valence-electron chi connectivity index (χ3n) is 8.38. The Morgan fingerprint density at radius 3 is 2.28 bits per heavy atom. The van der Waals surface area contributed by atoms with Crippen molar-refractivity contribution in [3.05, 3.63) is 76.7 Å². The Hall–Kier alpha value is -3.88. The van der Waals surface area contributed by atoms with Crippen molar-refractivity contribution in [1.82, 2.24) is 29.9 Å². The summed E-state index contributed by atoms with van der Waals surface area (Å²) in [4.78, 5) is 46.0. The molecular formula is C30H36N6O3. The van der Waals surface area contributed by atoms with E-state index in [1.165, 1.54) is 23.1 Å². The van der Waals surface area contributed by atoms with Gasteiger partial charge in [-0.15, -0.1) is 5.10 Å². The van der Waals surface area contributed by atoms with Gasteiger partial charge in [-0.25, -0.2) is 14.3 Å². The van der Waals surface area contributed by atoms with Crippen molar-refractivity contribution in [3.8, 4) is 11.4 Å². The molecule has 2 aromatic carbocycles. The van der Waals surface area contributed by atoms with Gasteiger partial charge in [-0.1, -0.05) is 60.7 Å². The van der Waals surface area contributed by atoms with Crippen molar-refractivity contribution >= 4 is 11.9 Å². The predicted molar refractivity (Wildman–Crippen MR) is 148 cm³/mol. The van der Waals surface area contributed by atoms with Crippen LogP contribution in [-0.2, 0) is 4.79 Å². The zero-order chi connectivity index (χ0) is 26.8. The van der Waals surface area contributed by atoms with Crippen molar-refractivity contribution in [2.45, 2.75) is 56.5 Å². The number of likely N-dealkylation sites (tertiary alicyclic amines) is 2. The molecule has 1 aliphatic carbocycles. The topological polar surface area (TPSA) is 103 Å². The molecule has 3 fully saturated rings. The van der Waals surface area contributed by atoms with E-state index in [0.717, 1.165) is 18.5 Å². The third-order valence-corrected chi connectivity index (χ3v) is 8.38. The Balaban J connectivity index is 1.08. The highest BCUT2D eigenvalue weighted by molar-refractivity contribution is 5.87. The number of hydrogen-bond acceptors (Lipinski definition) is 4. The highest BCUT2D eigenvalue weighted by Crippen LogP contribution is 2.33. The summed E-state index contributed by atoms with van der Waals surface area (Å²) in [6, 6.07) is 19.2. The third kappa shape index (κ3) is 5.77. The Kier molecular flexibility index (Phi) is 7.22. The lowest BCUT2D eigenvalue weighted by molar-refractivity contribution is -0.133. The SMILES string of the molecule is O=C(N[C@@H]1CC[C@@H](c2ccccc2)CN(CC2CC2)C1=O)N1CCC(n2nc(-c3ccccc3)[nH]c2=O)CC1. The summed E-state index contributed by atoms with van der Waals surface area (Å²) < 4.78 is 1.52. The average Bonchev–Trinajstić information content (AvgIpc) is 3.74. The molecule has 6 rings (SSSR count). The molecule has 1 saturated carbocycles. The number of aromatic nitrogens is 3. The molecule has 204 valence electrons. The number of carbonyl (C=O) groups is 2. The molecular weight excluding hydrogens is 492 g/mol. The van der Waals surface area contributed by atoms with Gasteiger partial charge < -0.3 is 15.1 Å². The number of nitrogens with zero attached hydrogens (tertiary/aromatic N) is 4. The van der Waals surface area contributed by atoms with Crippen molar-refractivity contribution in [3.63, 3.8) is 0 Å². The second-order valence-electron chi connectivity index (χ2n) is 11.2. The standard InChI is InChI=1S/C30H36N6O3/c37-28-26(14-13-24(22-7-3-1-4-8-22)20-35(28)19-21-11-12-21)31-29(38)34-17-15-25(16-18-34)36-30(39)32-27(33-36)23-9-5-2-6-10-23/h1-10,21,24-26H,11-20H2,(H,31,38)(H,32,33,39)/t24-,26-/m1/s1. The monoisotopic (exact) mass is 528 g/mol. The molecule has 2 N–H and O–H groups in total. The van der Waals surface area contributed by atoms with Gasteiger partial charge >= 0.3 is 11.7 Å². The van der Waals surface area contributed by atoms with Crippen LogP contribution in [0.1, 0.15) is 56.0 Å². The fraction of sp³-hybridized carbons (Fsp3) is 0.467. The van der Waals surface area contributed by atoms with Crippen LogP contribution < -0.4 is 11.0 Å². The Morgan fingerprint density at radius 1 is 0.897 bits per heavy atom. The van der Waals surface area contributed by atoms with Gasteiger partial charge in [0, 0.05) is 37.7 Å². The van der Waals surface area contributed by atoms with E-state index < -0.39 is 6.04 Å². The Bertz CT molecular complexity index is 1340. The summed E-state index contributed by atoms with van der Waals surface area (Å²) in [6.07, 6.45) is 5.11. The van der Waals surface area contributed by atoms with E-state index in [4.69, 9.17) is 0 Å². The number of urea groups is 1. The molecule has 3 aromatic rings. The van der Waals surface area contributed by atoms with Gasteiger partial charge in [-0.05, 0) is 50.0 Å². The first-order valence-corrected chi connectivity index (χ1v) is 14.2. The fourth-order valence-corrected chi connectivity index (χ4v) is 5.93. The van der Waals surface area contributed by atoms with Gasteiger partial charge in [0.1, 0.15) is 6.04 Å². The van der Waals surface area contributed by atoms with Gasteiger partial charge in [0.25, 0.3) is 0 Å². The molecule has 9 nitrogen and oxygen atoms in total. The molecule has 9 heteroatoms. The lowest BCUT2D eigenvalue weighted by Gasteiger charge is -2.33. The molecule has 1 aromatic heterocycles. The summed E-state index contributed by atoms with van der Waals surface area (Å²) in [5.41, 5.74) is 1.89. The van der Waals surface area contributed by atoms with Crippen molar-refractivity contribution in [1.29, 1.82) is 0 Å². The molecule has 0 bridgehead atoms. The number of amides is 3. The first-order valence-electron chi connectivity index (χ1n) is 14.2. The van der Waals surface area contributed by atoms with Crippen LogP contribution in [0.3, 0.4) is 0 Å². The van der Waals surface area contributed by atoms with Crippen LogP contribution in [0, 0.1) is 5.92 Å². The van der Waals surface area contributed by atoms with Gasteiger partial charge in [-0.2, -0.15) is 0 Å². The van der Waals surface area contributed by atoms with E-state index in [1.807, 2.05) is 41.3 Å². The number of H-pyrrole nitrogens is 1. The van der Waals surface area contributed by atoms with Gasteiger partial charge in [0.05, 0.1) is 6.04 Å². The van der Waals surface area contributed by atoms with Gasteiger partial charge in [-0.3, -0.25) is 9.78 Å². The van der Waals surface area contributed by atoms with Crippen LogP contribution in [0.5, 0.6) is 0 Å². The highest BCUT2D eigenvalue weighted by atomic mass is 16.2. The van der Waals surface area contributed by atoms with Crippen molar-refractivity contribution in [2.24, 2.45) is 5.92 Å². The summed E-state index contributed by atoms with van der Waals surface area (Å²) in [6.45, 7) is 2.51. The lowest BCUT2D eigenvalue weighted by atomic mass is 9.93. The predicted octanol–water partition coefficient (Wildman–Crippen LogP) is 3.77. The highest BCUT2D eigenvalue weighted by Gasteiger charge is 2.36. The van der Waals surface area contributed by atoms with E-state index in [-0.39, 0.29) is 29.6 Å². The summed E-state index contributed by atoms with van der Waals surface area (Å²) >= 11 is 0. The van der Waals surface area contributed by atoms with Crippen molar-refractivity contribution in [2.75, 3.05) is 26.2 Å². The fourth-order valence-electron chi connectivity index (χ4n) is 5.93. The zero-order valence-corrected chi connectivity index (χ0v) is 22.2. The molecule has 0 unspecified atom stereocenters. The van der Waals surface area contributed by atoms with Gasteiger partial charge in [0.2, 0.25) is 5.91 Å². The number of carbonyl (C=O) groups excluding carboxylic acids is 2. The largest absolute Gasteiger partial charge is 0.343 e. The van der Waals surface area contributed by atoms with Crippen LogP contribution in [0.2, 0.25) is 0 Å². The number of aromatic amines is 1. The maximum Gasteiger partial charge on any atom is 0.343 e. The minimum Gasteiger partial charge on any atom is -0.340 e. The minimum atomic E-state index is -0.509. The number of nitrogens with one attached hydrogen (secondary N) is 2. The zero-order valence-electron chi connectivity index (χ0n) is 22.2. The van der Waals surface area contributed by atoms with Crippen LogP contribution in [0.25, 0.3) is 11.4 Å². The van der Waals surface area contributed by atoms with Gasteiger partial charge in [0.15, 0.2) is 5.82 Å². The normalized spacial score (nSPS) is 22.5. The maximum atomic E-state index is 13.5. The van der Waals surface area contributed by atoms with Crippen LogP contribution >= 0.6 is 0 Å². The minimum absolute atomic E-state index is 0.0417. The first kappa shape index (κ1) is 25.4. The molecule has 3 heterocycles. The molecule has 0 radical (unpaired) electrons. The lowest BCUT2D eigenvalue weighted by Crippen LogP contribution is -2.53. The molecule has 2 saturated heterocycles. The van der Waals surface area contributed by atoms with Crippen LogP contribution in [0.4, 0.5) is 4.79 Å². The molecule has 2 aliphatic heterocycles. The van der Waals surface area contributed by atoms with E-state index in [1.54, 1.807) is 4.90 Å².